The van der Waals surface area contributed by atoms with Crippen LogP contribution in [0.3, 0.4) is 0 Å². The Morgan fingerprint density at radius 3 is 2.11 bits per heavy atom. The van der Waals surface area contributed by atoms with E-state index in [2.05, 4.69) is 0 Å². The number of hydrogen-bond donors (Lipinski definition) is 2. The van der Waals surface area contributed by atoms with E-state index in [0.29, 0.717) is 76.9 Å². The zero-order valence-corrected chi connectivity index (χ0v) is 22.1. The maximum Gasteiger partial charge on any atom is 0.341 e. The molecule has 0 spiro atoms. The van der Waals surface area contributed by atoms with Gasteiger partial charge in [0.25, 0.3) is 0 Å². The second kappa shape index (κ2) is 11.0. The Kier molecular flexibility index (Phi) is 8.01. The zero-order valence-electron chi connectivity index (χ0n) is 20.0. The third-order valence-corrected chi connectivity index (χ3v) is 7.44. The third kappa shape index (κ3) is 5.14. The highest BCUT2D eigenvalue weighted by Crippen LogP contribution is 2.50. The molecule has 0 saturated carbocycles. The number of carboxylic acids is 2. The van der Waals surface area contributed by atoms with Crippen molar-refractivity contribution in [3.8, 4) is 11.5 Å². The third-order valence-electron chi connectivity index (χ3n) is 6.64. The molecule has 9 nitrogen and oxygen atoms in total. The summed E-state index contributed by atoms with van der Waals surface area (Å²) in [5.74, 6) is -2.05. The van der Waals surface area contributed by atoms with E-state index in [1.807, 2.05) is 33.6 Å². The van der Waals surface area contributed by atoms with Gasteiger partial charge in [0.2, 0.25) is 0 Å². The summed E-state index contributed by atoms with van der Waals surface area (Å²) >= 11 is 2.05. The molecule has 1 aromatic rings. The van der Waals surface area contributed by atoms with Crippen molar-refractivity contribution in [1.82, 2.24) is 4.90 Å². The highest BCUT2D eigenvalue weighted by Gasteiger charge is 2.43. The van der Waals surface area contributed by atoms with Gasteiger partial charge in [0.05, 0.1) is 16.6 Å². The predicted octanol–water partition coefficient (Wildman–Crippen LogP) is 4.04. The maximum absolute atomic E-state index is 13.4. The van der Waals surface area contributed by atoms with Crippen LogP contribution in [0.25, 0.3) is 0 Å². The first-order chi connectivity index (χ1) is 17.2. The number of benzene rings is 1. The molecular weight excluding hydrogens is 581 g/mol. The van der Waals surface area contributed by atoms with Crippen LogP contribution in [-0.2, 0) is 19.2 Å². The van der Waals surface area contributed by atoms with E-state index in [-0.39, 0.29) is 24.5 Å². The number of ketones is 2. The Morgan fingerprint density at radius 1 is 0.972 bits per heavy atom. The van der Waals surface area contributed by atoms with Gasteiger partial charge in [0.1, 0.15) is 0 Å². The number of ether oxygens (including phenoxy) is 2. The lowest BCUT2D eigenvalue weighted by atomic mass is 9.71. The average Bonchev–Trinajstić information content (AvgIpc) is 2.81. The molecule has 0 fully saturated rings. The summed E-state index contributed by atoms with van der Waals surface area (Å²) in [5.41, 5.74) is 3.43. The number of carboxylic acid groups (broad SMARTS) is 2. The van der Waals surface area contributed by atoms with Gasteiger partial charge in [-0.2, -0.15) is 0 Å². The van der Waals surface area contributed by atoms with E-state index in [9.17, 15) is 24.3 Å². The summed E-state index contributed by atoms with van der Waals surface area (Å²) in [4.78, 5) is 51.1. The van der Waals surface area contributed by atoms with Crippen molar-refractivity contribution in [1.29, 1.82) is 0 Å². The number of halogens is 1. The molecule has 0 unspecified atom stereocenters. The largest absolute Gasteiger partial charge is 0.490 e. The quantitative estimate of drug-likeness (QED) is 0.399. The van der Waals surface area contributed by atoms with Crippen molar-refractivity contribution in [2.24, 2.45) is 0 Å². The molecule has 3 aliphatic rings. The Balaban J connectivity index is 1.90. The molecule has 0 amide bonds. The molecule has 4 rings (SSSR count). The normalized spacial score (nSPS) is 18.2. The maximum atomic E-state index is 13.4. The van der Waals surface area contributed by atoms with Crippen molar-refractivity contribution < 1.29 is 38.9 Å². The van der Waals surface area contributed by atoms with Gasteiger partial charge in [-0.1, -0.05) is 0 Å². The number of Topliss-reactive ketones (excluding diaryl/α,β-unsaturated/α-hetero) is 2. The minimum Gasteiger partial charge on any atom is -0.490 e. The molecule has 0 radical (unpaired) electrons. The lowest BCUT2D eigenvalue weighted by Gasteiger charge is -2.44. The molecule has 0 aromatic heterocycles. The number of rotatable bonds is 9. The molecule has 10 heteroatoms. The van der Waals surface area contributed by atoms with E-state index >= 15 is 0 Å². The Morgan fingerprint density at radius 2 is 1.58 bits per heavy atom. The second-order valence-electron chi connectivity index (χ2n) is 8.95. The number of aliphatic carboxylic acids is 2. The van der Waals surface area contributed by atoms with Crippen LogP contribution in [-0.4, -0.2) is 58.4 Å². The van der Waals surface area contributed by atoms with E-state index in [0.717, 1.165) is 11.4 Å². The van der Waals surface area contributed by atoms with E-state index in [4.69, 9.17) is 14.6 Å². The molecule has 36 heavy (non-hydrogen) atoms. The van der Waals surface area contributed by atoms with Crippen molar-refractivity contribution in [3.05, 3.63) is 43.8 Å². The summed E-state index contributed by atoms with van der Waals surface area (Å²) in [6.07, 6.45) is 3.27. The van der Waals surface area contributed by atoms with E-state index in [1.54, 1.807) is 13.0 Å². The van der Waals surface area contributed by atoms with Gasteiger partial charge >= 0.3 is 11.9 Å². The lowest BCUT2D eigenvalue weighted by Crippen LogP contribution is -2.40. The summed E-state index contributed by atoms with van der Waals surface area (Å²) in [7, 11) is 0. The van der Waals surface area contributed by atoms with Crippen LogP contribution in [0.15, 0.2) is 34.7 Å². The van der Waals surface area contributed by atoms with Crippen molar-refractivity contribution in [3.63, 3.8) is 0 Å². The number of nitrogens with zero attached hydrogens (tertiary/aromatic N) is 1. The molecule has 0 saturated heterocycles. The number of carbonyl (C=O) groups is 4. The monoisotopic (exact) mass is 609 g/mol. The molecule has 1 aliphatic heterocycles. The van der Waals surface area contributed by atoms with Gasteiger partial charge < -0.3 is 24.6 Å². The standard InChI is InChI=1S/C26H28INO8/c1-2-35-20-12-14(11-15(27)26(20)36-13-22(33)34)23-24-16(5-3-7-18(24)29)28(10-9-21(31)32)17-6-4-8-19(30)25(17)23/h11-12,23H,2-10,13H2,1H3,(H,31,32)(H,33,34). The van der Waals surface area contributed by atoms with Crippen LogP contribution in [0, 0.1) is 3.57 Å². The topological polar surface area (TPSA) is 130 Å². The Bertz CT molecular complexity index is 1140. The molecule has 2 N–H and O–H groups in total. The van der Waals surface area contributed by atoms with Gasteiger partial charge in [-0.25, -0.2) is 4.79 Å². The van der Waals surface area contributed by atoms with Gasteiger partial charge in [0, 0.05) is 47.8 Å². The second-order valence-corrected chi connectivity index (χ2v) is 10.1. The summed E-state index contributed by atoms with van der Waals surface area (Å²) in [6.45, 7) is 1.80. The molecule has 1 aromatic carbocycles. The van der Waals surface area contributed by atoms with Crippen molar-refractivity contribution >= 4 is 46.1 Å². The smallest absolute Gasteiger partial charge is 0.341 e. The van der Waals surface area contributed by atoms with Gasteiger partial charge in [-0.3, -0.25) is 14.4 Å². The number of allylic oxidation sites excluding steroid dienone is 4. The number of hydrogen-bond acceptors (Lipinski definition) is 7. The minimum absolute atomic E-state index is 0.0364. The van der Waals surface area contributed by atoms with Crippen LogP contribution in [0.5, 0.6) is 11.5 Å². The van der Waals surface area contributed by atoms with Crippen LogP contribution in [0.1, 0.15) is 63.4 Å². The highest BCUT2D eigenvalue weighted by molar-refractivity contribution is 14.1. The fraction of sp³-hybridized carbons (Fsp3) is 0.462. The molecule has 192 valence electrons. The number of carbonyl (C=O) groups excluding carboxylic acids is 2. The van der Waals surface area contributed by atoms with Crippen molar-refractivity contribution in [2.75, 3.05) is 19.8 Å². The van der Waals surface area contributed by atoms with Crippen LogP contribution < -0.4 is 9.47 Å². The van der Waals surface area contributed by atoms with Gasteiger partial charge in [0.15, 0.2) is 29.7 Å². The minimum atomic E-state index is -1.11. The van der Waals surface area contributed by atoms with Crippen molar-refractivity contribution in [2.45, 2.75) is 57.8 Å². The first-order valence-electron chi connectivity index (χ1n) is 12.1. The van der Waals surface area contributed by atoms with Crippen LogP contribution in [0.4, 0.5) is 0 Å². The fourth-order valence-electron chi connectivity index (χ4n) is 5.32. The van der Waals surface area contributed by atoms with E-state index in [1.165, 1.54) is 0 Å². The molecule has 2 aliphatic carbocycles. The Labute approximate surface area is 222 Å². The predicted molar refractivity (Wildman–Crippen MR) is 137 cm³/mol. The molecule has 1 heterocycles. The van der Waals surface area contributed by atoms with E-state index < -0.39 is 24.5 Å². The average molecular weight is 609 g/mol. The van der Waals surface area contributed by atoms with Crippen LogP contribution in [0.2, 0.25) is 0 Å². The summed E-state index contributed by atoms with van der Waals surface area (Å²) < 4.78 is 11.9. The zero-order chi connectivity index (χ0) is 26.0. The first kappa shape index (κ1) is 26.2. The highest BCUT2D eigenvalue weighted by atomic mass is 127. The van der Waals surface area contributed by atoms with Crippen LogP contribution >= 0.6 is 22.6 Å². The lowest BCUT2D eigenvalue weighted by molar-refractivity contribution is -0.139. The first-order valence-corrected chi connectivity index (χ1v) is 13.1. The summed E-state index contributed by atoms with van der Waals surface area (Å²) in [5, 5.41) is 18.4. The molecular formula is C26H28INO8. The SMILES string of the molecule is CCOc1cc(C2C3=C(CCCC3=O)N(CCC(=O)O)C3=C2C(=O)CCC3)cc(I)c1OCC(=O)O. The fourth-order valence-corrected chi connectivity index (χ4v) is 6.10. The van der Waals surface area contributed by atoms with Gasteiger partial charge in [-0.05, 0) is 72.9 Å². The summed E-state index contributed by atoms with van der Waals surface area (Å²) in [6, 6.07) is 3.55. The molecule has 0 bridgehead atoms. The van der Waals surface area contributed by atoms with Gasteiger partial charge in [-0.15, -0.1) is 0 Å². The molecule has 0 atom stereocenters. The Hall–Kier alpha value is -2.89.